The molecule has 4 nitrogen and oxygen atoms in total. The van der Waals surface area contributed by atoms with Crippen molar-refractivity contribution in [3.8, 4) is 0 Å². The summed E-state index contributed by atoms with van der Waals surface area (Å²) in [6.07, 6.45) is 5.94. The summed E-state index contributed by atoms with van der Waals surface area (Å²) in [5.74, 6) is -0.915. The van der Waals surface area contributed by atoms with Gasteiger partial charge in [0.05, 0.1) is 0 Å². The normalized spacial score (nSPS) is 15.7. The third kappa shape index (κ3) is 3.68. The zero-order chi connectivity index (χ0) is 13.7. The first-order valence-corrected chi connectivity index (χ1v) is 6.47. The van der Waals surface area contributed by atoms with Crippen molar-refractivity contribution in [3.63, 3.8) is 0 Å². The first-order chi connectivity index (χ1) is 9.16. The lowest BCUT2D eigenvalue weighted by molar-refractivity contribution is -0.131. The highest BCUT2D eigenvalue weighted by molar-refractivity contribution is 5.94. The number of carboxylic acid groups (broad SMARTS) is 1. The van der Waals surface area contributed by atoms with Crippen molar-refractivity contribution in [1.82, 2.24) is 4.90 Å². The summed E-state index contributed by atoms with van der Waals surface area (Å²) < 4.78 is 0. The summed E-state index contributed by atoms with van der Waals surface area (Å²) >= 11 is 0. The van der Waals surface area contributed by atoms with Crippen LogP contribution in [0.3, 0.4) is 0 Å². The van der Waals surface area contributed by atoms with Gasteiger partial charge in [0.15, 0.2) is 0 Å². The van der Waals surface area contributed by atoms with Gasteiger partial charge in [-0.1, -0.05) is 12.1 Å². The second-order valence-electron chi connectivity index (χ2n) is 4.65. The molecule has 0 spiro atoms. The number of piperidine rings is 1. The smallest absolute Gasteiger partial charge is 0.328 e. The molecule has 0 radical (unpaired) electrons. The Balaban J connectivity index is 2.05. The van der Waals surface area contributed by atoms with Gasteiger partial charge in [0, 0.05) is 24.7 Å². The predicted molar refractivity (Wildman–Crippen MR) is 72.9 cm³/mol. The lowest BCUT2D eigenvalue weighted by Crippen LogP contribution is -2.35. The van der Waals surface area contributed by atoms with E-state index in [4.69, 9.17) is 5.11 Å². The number of rotatable bonds is 3. The van der Waals surface area contributed by atoms with Crippen molar-refractivity contribution in [2.75, 3.05) is 13.1 Å². The molecule has 0 aliphatic carbocycles. The van der Waals surface area contributed by atoms with Gasteiger partial charge in [-0.3, -0.25) is 4.79 Å². The SMILES string of the molecule is O=C(O)/C=C/c1ccc(C(=O)N2CCCCC2)cc1. The molecular weight excluding hydrogens is 242 g/mol. The van der Waals surface area contributed by atoms with Crippen LogP contribution in [0.5, 0.6) is 0 Å². The van der Waals surface area contributed by atoms with Gasteiger partial charge in [-0.2, -0.15) is 0 Å². The van der Waals surface area contributed by atoms with Gasteiger partial charge in [-0.15, -0.1) is 0 Å². The summed E-state index contributed by atoms with van der Waals surface area (Å²) in [6, 6.07) is 7.02. The van der Waals surface area contributed by atoms with Gasteiger partial charge in [0.2, 0.25) is 0 Å². The number of likely N-dealkylation sites (tertiary alicyclic amines) is 1. The minimum atomic E-state index is -0.978. The monoisotopic (exact) mass is 259 g/mol. The molecule has 1 aliphatic heterocycles. The maximum atomic E-state index is 12.2. The molecule has 4 heteroatoms. The summed E-state index contributed by atoms with van der Waals surface area (Å²) in [4.78, 5) is 24.5. The lowest BCUT2D eigenvalue weighted by Gasteiger charge is -2.26. The Labute approximate surface area is 112 Å². The van der Waals surface area contributed by atoms with E-state index in [-0.39, 0.29) is 5.91 Å². The molecule has 1 saturated heterocycles. The Hall–Kier alpha value is -2.10. The van der Waals surface area contributed by atoms with E-state index in [1.807, 2.05) is 4.90 Å². The summed E-state index contributed by atoms with van der Waals surface area (Å²) in [5.41, 5.74) is 1.44. The van der Waals surface area contributed by atoms with Crippen LogP contribution in [0.4, 0.5) is 0 Å². The number of aliphatic carboxylic acids is 1. The molecule has 1 N–H and O–H groups in total. The van der Waals surface area contributed by atoms with Crippen LogP contribution >= 0.6 is 0 Å². The topological polar surface area (TPSA) is 57.6 Å². The highest BCUT2D eigenvalue weighted by Crippen LogP contribution is 2.14. The van der Waals surface area contributed by atoms with Crippen molar-refractivity contribution in [2.24, 2.45) is 0 Å². The Morgan fingerprint density at radius 3 is 2.26 bits per heavy atom. The molecule has 1 amide bonds. The van der Waals surface area contributed by atoms with Gasteiger partial charge < -0.3 is 10.0 Å². The third-order valence-electron chi connectivity index (χ3n) is 3.22. The zero-order valence-electron chi connectivity index (χ0n) is 10.7. The minimum absolute atomic E-state index is 0.0634. The van der Waals surface area contributed by atoms with Gasteiger partial charge in [0.1, 0.15) is 0 Å². The standard InChI is InChI=1S/C15H17NO3/c17-14(18)9-6-12-4-7-13(8-5-12)15(19)16-10-2-1-3-11-16/h4-9H,1-3,10-11H2,(H,17,18)/b9-6+. The third-order valence-corrected chi connectivity index (χ3v) is 3.22. The molecule has 0 unspecified atom stereocenters. The van der Waals surface area contributed by atoms with Gasteiger partial charge in [-0.05, 0) is 43.0 Å². The summed E-state index contributed by atoms with van der Waals surface area (Å²) in [7, 11) is 0. The number of hydrogen-bond donors (Lipinski definition) is 1. The van der Waals surface area contributed by atoms with Crippen molar-refractivity contribution < 1.29 is 14.7 Å². The van der Waals surface area contributed by atoms with E-state index < -0.39 is 5.97 Å². The number of carbonyl (C=O) groups excluding carboxylic acids is 1. The molecule has 100 valence electrons. The Morgan fingerprint density at radius 2 is 1.68 bits per heavy atom. The summed E-state index contributed by atoms with van der Waals surface area (Å²) in [6.45, 7) is 1.67. The molecule has 0 saturated carbocycles. The molecule has 1 aromatic carbocycles. The van der Waals surface area contributed by atoms with Gasteiger partial charge in [0.25, 0.3) is 5.91 Å². The van der Waals surface area contributed by atoms with Crippen LogP contribution < -0.4 is 0 Å². The van der Waals surface area contributed by atoms with Crippen LogP contribution in [0, 0.1) is 0 Å². The van der Waals surface area contributed by atoms with Crippen LogP contribution in [-0.2, 0) is 4.79 Å². The van der Waals surface area contributed by atoms with Crippen LogP contribution in [0.25, 0.3) is 6.08 Å². The van der Waals surface area contributed by atoms with Crippen molar-refractivity contribution in [2.45, 2.75) is 19.3 Å². The molecule has 0 aromatic heterocycles. The maximum Gasteiger partial charge on any atom is 0.328 e. The highest BCUT2D eigenvalue weighted by atomic mass is 16.4. The van der Waals surface area contributed by atoms with Gasteiger partial charge in [-0.25, -0.2) is 4.79 Å². The maximum absolute atomic E-state index is 12.2. The van der Waals surface area contributed by atoms with E-state index in [2.05, 4.69) is 0 Å². The fourth-order valence-electron chi connectivity index (χ4n) is 2.18. The molecule has 19 heavy (non-hydrogen) atoms. The lowest BCUT2D eigenvalue weighted by atomic mass is 10.1. The predicted octanol–water partition coefficient (Wildman–Crippen LogP) is 2.41. The fraction of sp³-hybridized carbons (Fsp3) is 0.333. The van der Waals surface area contributed by atoms with E-state index in [1.165, 1.54) is 12.5 Å². The number of carboxylic acids is 1. The molecule has 1 aliphatic rings. The molecule has 0 bridgehead atoms. The van der Waals surface area contributed by atoms with Crippen LogP contribution in [-0.4, -0.2) is 35.0 Å². The number of benzene rings is 1. The fourth-order valence-corrected chi connectivity index (χ4v) is 2.18. The Bertz CT molecular complexity index is 485. The Kier molecular flexibility index (Phi) is 4.34. The van der Waals surface area contributed by atoms with E-state index in [0.717, 1.165) is 37.6 Å². The van der Waals surface area contributed by atoms with Crippen LogP contribution in [0.1, 0.15) is 35.2 Å². The molecule has 1 fully saturated rings. The average molecular weight is 259 g/mol. The first kappa shape index (κ1) is 13.3. The van der Waals surface area contributed by atoms with Crippen LogP contribution in [0.2, 0.25) is 0 Å². The van der Waals surface area contributed by atoms with Crippen molar-refractivity contribution in [1.29, 1.82) is 0 Å². The van der Waals surface area contributed by atoms with Gasteiger partial charge >= 0.3 is 5.97 Å². The van der Waals surface area contributed by atoms with Crippen LogP contribution in [0.15, 0.2) is 30.3 Å². The van der Waals surface area contributed by atoms with Crippen molar-refractivity contribution >= 4 is 18.0 Å². The molecule has 1 aromatic rings. The van der Waals surface area contributed by atoms with E-state index in [1.54, 1.807) is 24.3 Å². The average Bonchev–Trinajstić information content (AvgIpc) is 2.46. The zero-order valence-corrected chi connectivity index (χ0v) is 10.7. The highest BCUT2D eigenvalue weighted by Gasteiger charge is 2.17. The van der Waals surface area contributed by atoms with Crippen molar-refractivity contribution in [3.05, 3.63) is 41.5 Å². The minimum Gasteiger partial charge on any atom is -0.478 e. The largest absolute Gasteiger partial charge is 0.478 e. The number of nitrogens with zero attached hydrogens (tertiary/aromatic N) is 1. The number of amides is 1. The Morgan fingerprint density at radius 1 is 1.05 bits per heavy atom. The molecule has 0 atom stereocenters. The van der Waals surface area contributed by atoms with E-state index in [0.29, 0.717) is 5.56 Å². The second-order valence-corrected chi connectivity index (χ2v) is 4.65. The quantitative estimate of drug-likeness (QED) is 0.848. The molecule has 2 rings (SSSR count). The second kappa shape index (κ2) is 6.18. The molecular formula is C15H17NO3. The first-order valence-electron chi connectivity index (χ1n) is 6.47. The van der Waals surface area contributed by atoms with E-state index >= 15 is 0 Å². The molecule has 1 heterocycles. The number of hydrogen-bond acceptors (Lipinski definition) is 2. The number of carbonyl (C=O) groups is 2. The van der Waals surface area contributed by atoms with E-state index in [9.17, 15) is 9.59 Å². The summed E-state index contributed by atoms with van der Waals surface area (Å²) in [5, 5.41) is 8.54.